The van der Waals surface area contributed by atoms with Crippen molar-refractivity contribution in [2.24, 2.45) is 0 Å². The molecule has 0 aliphatic rings. The Kier molecular flexibility index (Phi) is 12.0. The minimum absolute atomic E-state index is 0.474. The topological polar surface area (TPSA) is 12.0 Å². The standard InChI is InChI=1S/C17H33F4N/c1-3-4-5-6-7-8-9-10-11-12-13-22-15-17(20,21)14-16(2,18)19/h22H,3-15H2,1-2H3. The predicted molar refractivity (Wildman–Crippen MR) is 84.9 cm³/mol. The molecule has 0 aromatic heterocycles. The first-order valence-electron chi connectivity index (χ1n) is 8.73. The summed E-state index contributed by atoms with van der Waals surface area (Å²) in [6, 6.07) is 0. The van der Waals surface area contributed by atoms with Gasteiger partial charge in [0, 0.05) is 0 Å². The third-order valence-electron chi connectivity index (χ3n) is 3.66. The molecule has 0 radical (unpaired) electrons. The minimum Gasteiger partial charge on any atom is -0.311 e. The van der Waals surface area contributed by atoms with E-state index in [9.17, 15) is 17.6 Å². The van der Waals surface area contributed by atoms with Gasteiger partial charge in [-0.25, -0.2) is 17.6 Å². The molecule has 0 aliphatic carbocycles. The van der Waals surface area contributed by atoms with E-state index in [-0.39, 0.29) is 0 Å². The Labute approximate surface area is 133 Å². The van der Waals surface area contributed by atoms with Crippen LogP contribution in [0.1, 0.15) is 84.5 Å². The molecule has 0 heterocycles. The molecule has 0 bridgehead atoms. The first-order chi connectivity index (χ1) is 10.3. The lowest BCUT2D eigenvalue weighted by Gasteiger charge is -2.20. The molecule has 0 saturated carbocycles. The lowest BCUT2D eigenvalue weighted by molar-refractivity contribution is -0.0984. The molecule has 0 amide bonds. The van der Waals surface area contributed by atoms with Crippen LogP contribution in [0.5, 0.6) is 0 Å². The Morgan fingerprint density at radius 3 is 1.64 bits per heavy atom. The van der Waals surface area contributed by atoms with Gasteiger partial charge in [-0.1, -0.05) is 64.7 Å². The average Bonchev–Trinajstić information content (AvgIpc) is 2.37. The molecular weight excluding hydrogens is 294 g/mol. The van der Waals surface area contributed by atoms with Gasteiger partial charge in [0.2, 0.25) is 0 Å². The predicted octanol–water partition coefficient (Wildman–Crippen LogP) is 6.18. The molecule has 0 aromatic rings. The van der Waals surface area contributed by atoms with Crippen LogP contribution < -0.4 is 5.32 Å². The van der Waals surface area contributed by atoms with E-state index in [2.05, 4.69) is 12.2 Å². The van der Waals surface area contributed by atoms with Crippen LogP contribution in [0, 0.1) is 0 Å². The van der Waals surface area contributed by atoms with Crippen LogP contribution in [-0.2, 0) is 0 Å². The highest BCUT2D eigenvalue weighted by atomic mass is 19.3. The van der Waals surface area contributed by atoms with Crippen molar-refractivity contribution in [3.63, 3.8) is 0 Å². The van der Waals surface area contributed by atoms with Gasteiger partial charge in [0.25, 0.3) is 11.8 Å². The zero-order chi connectivity index (χ0) is 16.9. The molecule has 0 rings (SSSR count). The number of rotatable bonds is 15. The smallest absolute Gasteiger partial charge is 0.266 e. The fourth-order valence-corrected chi connectivity index (χ4v) is 2.53. The summed E-state index contributed by atoms with van der Waals surface area (Å²) < 4.78 is 51.5. The highest BCUT2D eigenvalue weighted by Crippen LogP contribution is 2.29. The number of halogens is 4. The second-order valence-electron chi connectivity index (χ2n) is 6.46. The van der Waals surface area contributed by atoms with E-state index in [1.54, 1.807) is 0 Å². The lowest BCUT2D eigenvalue weighted by atomic mass is 10.1. The van der Waals surface area contributed by atoms with Crippen molar-refractivity contribution in [1.82, 2.24) is 5.32 Å². The van der Waals surface area contributed by atoms with Crippen LogP contribution in [0.2, 0.25) is 0 Å². The van der Waals surface area contributed by atoms with Crippen LogP contribution >= 0.6 is 0 Å². The molecule has 0 spiro atoms. The van der Waals surface area contributed by atoms with Crippen molar-refractivity contribution in [2.45, 2.75) is 96.3 Å². The Morgan fingerprint density at radius 2 is 1.18 bits per heavy atom. The van der Waals surface area contributed by atoms with Gasteiger partial charge in [0.05, 0.1) is 13.0 Å². The molecule has 134 valence electrons. The van der Waals surface area contributed by atoms with E-state index >= 15 is 0 Å². The minimum atomic E-state index is -3.34. The molecule has 0 aromatic carbocycles. The summed E-state index contributed by atoms with van der Waals surface area (Å²) in [5.41, 5.74) is 0. The SMILES string of the molecule is CCCCCCCCCCCCNCC(F)(F)CC(C)(F)F. The van der Waals surface area contributed by atoms with Crippen LogP contribution in [-0.4, -0.2) is 24.9 Å². The fourth-order valence-electron chi connectivity index (χ4n) is 2.53. The molecule has 0 unspecified atom stereocenters. The largest absolute Gasteiger partial charge is 0.311 e. The maximum absolute atomic E-state index is 13.2. The zero-order valence-electron chi connectivity index (χ0n) is 14.2. The molecule has 1 N–H and O–H groups in total. The Hall–Kier alpha value is -0.320. The van der Waals surface area contributed by atoms with Gasteiger partial charge in [0.15, 0.2) is 0 Å². The number of alkyl halides is 4. The van der Waals surface area contributed by atoms with E-state index in [0.29, 0.717) is 13.5 Å². The summed E-state index contributed by atoms with van der Waals surface area (Å²) in [5, 5.41) is 2.59. The Balaban J connectivity index is 3.33. The monoisotopic (exact) mass is 327 g/mol. The molecule has 0 aliphatic heterocycles. The van der Waals surface area contributed by atoms with Crippen molar-refractivity contribution in [2.75, 3.05) is 13.1 Å². The molecule has 0 atom stereocenters. The number of nitrogens with one attached hydrogen (secondary N) is 1. The van der Waals surface area contributed by atoms with Crippen LogP contribution in [0.25, 0.3) is 0 Å². The van der Waals surface area contributed by atoms with Gasteiger partial charge in [-0.3, -0.25) is 0 Å². The molecule has 0 fully saturated rings. The maximum Gasteiger partial charge on any atom is 0.266 e. The van der Waals surface area contributed by atoms with Crippen molar-refractivity contribution >= 4 is 0 Å². The molecule has 5 heteroatoms. The fraction of sp³-hybridized carbons (Fsp3) is 1.00. The van der Waals surface area contributed by atoms with Gasteiger partial charge in [-0.2, -0.15) is 0 Å². The third-order valence-corrected chi connectivity index (χ3v) is 3.66. The second-order valence-corrected chi connectivity index (χ2v) is 6.46. The molecule has 0 saturated heterocycles. The van der Waals surface area contributed by atoms with Crippen molar-refractivity contribution in [1.29, 1.82) is 0 Å². The molecule has 1 nitrogen and oxygen atoms in total. The summed E-state index contributed by atoms with van der Waals surface area (Å²) in [6.07, 6.45) is 10.5. The van der Waals surface area contributed by atoms with Crippen LogP contribution in [0.4, 0.5) is 17.6 Å². The van der Waals surface area contributed by atoms with E-state index < -0.39 is 24.8 Å². The maximum atomic E-state index is 13.2. The normalized spacial score (nSPS) is 12.8. The van der Waals surface area contributed by atoms with Crippen molar-refractivity contribution in [3.05, 3.63) is 0 Å². The Bertz CT molecular complexity index is 252. The van der Waals surface area contributed by atoms with Crippen molar-refractivity contribution in [3.8, 4) is 0 Å². The van der Waals surface area contributed by atoms with Crippen molar-refractivity contribution < 1.29 is 17.6 Å². The third kappa shape index (κ3) is 16.1. The van der Waals surface area contributed by atoms with Crippen LogP contribution in [0.15, 0.2) is 0 Å². The van der Waals surface area contributed by atoms with Gasteiger partial charge < -0.3 is 5.32 Å². The molecular formula is C17H33F4N. The summed E-state index contributed by atoms with van der Waals surface area (Å²) in [5.74, 6) is -6.65. The zero-order valence-corrected chi connectivity index (χ0v) is 14.2. The first-order valence-corrected chi connectivity index (χ1v) is 8.73. The highest BCUT2D eigenvalue weighted by Gasteiger charge is 2.39. The number of unbranched alkanes of at least 4 members (excludes halogenated alkanes) is 9. The van der Waals surface area contributed by atoms with E-state index in [1.165, 1.54) is 44.9 Å². The summed E-state index contributed by atoms with van der Waals surface area (Å²) in [7, 11) is 0. The van der Waals surface area contributed by atoms with Gasteiger partial charge in [-0.05, 0) is 19.9 Å². The highest BCUT2D eigenvalue weighted by molar-refractivity contribution is 4.76. The van der Waals surface area contributed by atoms with E-state index in [1.807, 2.05) is 0 Å². The summed E-state index contributed by atoms with van der Waals surface area (Å²) >= 11 is 0. The van der Waals surface area contributed by atoms with Gasteiger partial charge >= 0.3 is 0 Å². The van der Waals surface area contributed by atoms with Gasteiger partial charge in [-0.15, -0.1) is 0 Å². The quantitative estimate of drug-likeness (QED) is 0.280. The second kappa shape index (κ2) is 12.1. The van der Waals surface area contributed by atoms with Gasteiger partial charge in [0.1, 0.15) is 0 Å². The lowest BCUT2D eigenvalue weighted by Crippen LogP contribution is -2.37. The van der Waals surface area contributed by atoms with E-state index in [0.717, 1.165) is 19.3 Å². The summed E-state index contributed by atoms with van der Waals surface area (Å²) in [4.78, 5) is 0. The number of hydrogen-bond acceptors (Lipinski definition) is 1. The van der Waals surface area contributed by atoms with Crippen LogP contribution in [0.3, 0.4) is 0 Å². The average molecular weight is 327 g/mol. The first kappa shape index (κ1) is 21.7. The Morgan fingerprint density at radius 1 is 0.727 bits per heavy atom. The summed E-state index contributed by atoms with van der Waals surface area (Å²) in [6.45, 7) is 2.55. The molecule has 22 heavy (non-hydrogen) atoms. The number of hydrogen-bond donors (Lipinski definition) is 1. The van der Waals surface area contributed by atoms with E-state index in [4.69, 9.17) is 0 Å².